The van der Waals surface area contributed by atoms with Crippen LogP contribution in [0.25, 0.3) is 0 Å². The molecule has 1 atom stereocenters. The Morgan fingerprint density at radius 2 is 1.91 bits per heavy atom. The first kappa shape index (κ1) is 18.5. The molecule has 6 heteroatoms. The summed E-state index contributed by atoms with van der Waals surface area (Å²) in [6.07, 6.45) is -0.541. The van der Waals surface area contributed by atoms with Gasteiger partial charge in [-0.1, -0.05) is 11.6 Å². The summed E-state index contributed by atoms with van der Waals surface area (Å²) in [7, 11) is 0. The van der Waals surface area contributed by atoms with Gasteiger partial charge in [-0.15, -0.1) is 0 Å². The van der Waals surface area contributed by atoms with Crippen LogP contribution in [0.3, 0.4) is 0 Å². The van der Waals surface area contributed by atoms with Crippen molar-refractivity contribution in [2.45, 2.75) is 33.8 Å². The third-order valence-electron chi connectivity index (χ3n) is 3.30. The van der Waals surface area contributed by atoms with Crippen LogP contribution in [-0.4, -0.2) is 42.5 Å². The van der Waals surface area contributed by atoms with Gasteiger partial charge in [0.25, 0.3) is 11.8 Å². The van der Waals surface area contributed by atoms with Gasteiger partial charge in [0.2, 0.25) is 0 Å². The number of nitrogens with one attached hydrogen (secondary N) is 1. The molecule has 1 aromatic carbocycles. The van der Waals surface area contributed by atoms with E-state index in [2.05, 4.69) is 5.32 Å². The Balaban J connectivity index is 2.86. The molecule has 2 amide bonds. The number of amides is 2. The topological polar surface area (TPSA) is 58.6 Å². The van der Waals surface area contributed by atoms with Gasteiger partial charge in [0, 0.05) is 25.4 Å². The van der Waals surface area contributed by atoms with E-state index in [1.54, 1.807) is 30.0 Å². The summed E-state index contributed by atoms with van der Waals surface area (Å²) >= 11 is 6.18. The second-order valence-electron chi connectivity index (χ2n) is 4.76. The number of hydrogen-bond donors (Lipinski definition) is 1. The number of rotatable bonds is 7. The predicted octanol–water partition coefficient (Wildman–Crippen LogP) is 3.19. The fraction of sp³-hybridized carbons (Fsp3) is 0.500. The number of ether oxygens (including phenoxy) is 1. The average molecular weight is 327 g/mol. The van der Waals surface area contributed by atoms with Crippen molar-refractivity contribution in [3.8, 4) is 0 Å². The molecule has 1 unspecified atom stereocenters. The van der Waals surface area contributed by atoms with Crippen LogP contribution in [0.1, 0.15) is 38.1 Å². The molecule has 0 radical (unpaired) electrons. The Hall–Kier alpha value is -1.59. The molecule has 122 valence electrons. The SMILES string of the molecule is CCOC(C)C(=O)Nc1ccc(C(=O)N(CC)CC)c(Cl)c1. The largest absolute Gasteiger partial charge is 0.369 e. The van der Waals surface area contributed by atoms with Crippen molar-refractivity contribution in [2.24, 2.45) is 0 Å². The fourth-order valence-electron chi connectivity index (χ4n) is 2.02. The van der Waals surface area contributed by atoms with Gasteiger partial charge in [-0.05, 0) is 45.9 Å². The second-order valence-corrected chi connectivity index (χ2v) is 5.17. The summed E-state index contributed by atoms with van der Waals surface area (Å²) in [4.78, 5) is 25.9. The lowest BCUT2D eigenvalue weighted by molar-refractivity contribution is -0.126. The lowest BCUT2D eigenvalue weighted by Crippen LogP contribution is -2.30. The zero-order chi connectivity index (χ0) is 16.7. The molecule has 0 saturated heterocycles. The van der Waals surface area contributed by atoms with E-state index < -0.39 is 6.10 Å². The summed E-state index contributed by atoms with van der Waals surface area (Å²) in [5.41, 5.74) is 0.971. The van der Waals surface area contributed by atoms with E-state index >= 15 is 0 Å². The first-order chi connectivity index (χ1) is 10.4. The quantitative estimate of drug-likeness (QED) is 0.837. The molecule has 0 aliphatic heterocycles. The Morgan fingerprint density at radius 1 is 1.27 bits per heavy atom. The lowest BCUT2D eigenvalue weighted by Gasteiger charge is -2.19. The van der Waals surface area contributed by atoms with Crippen molar-refractivity contribution in [1.82, 2.24) is 4.90 Å². The van der Waals surface area contributed by atoms with Gasteiger partial charge >= 0.3 is 0 Å². The molecule has 1 N–H and O–H groups in total. The first-order valence-corrected chi connectivity index (χ1v) is 7.83. The smallest absolute Gasteiger partial charge is 0.255 e. The molecule has 0 aliphatic rings. The van der Waals surface area contributed by atoms with Crippen molar-refractivity contribution in [1.29, 1.82) is 0 Å². The van der Waals surface area contributed by atoms with Gasteiger partial charge in [-0.25, -0.2) is 0 Å². The van der Waals surface area contributed by atoms with Crippen molar-refractivity contribution in [3.63, 3.8) is 0 Å². The van der Waals surface area contributed by atoms with Crippen LogP contribution in [0.15, 0.2) is 18.2 Å². The minimum absolute atomic E-state index is 0.115. The third-order valence-corrected chi connectivity index (χ3v) is 3.62. The standard InChI is InChI=1S/C16H23ClN2O3/c1-5-19(6-2)16(21)13-9-8-12(10-14(13)17)18-15(20)11(4)22-7-3/h8-11H,5-7H2,1-4H3,(H,18,20). The minimum atomic E-state index is -0.541. The maximum absolute atomic E-state index is 12.3. The Morgan fingerprint density at radius 3 is 2.41 bits per heavy atom. The van der Waals surface area contributed by atoms with E-state index in [9.17, 15) is 9.59 Å². The average Bonchev–Trinajstić information content (AvgIpc) is 2.48. The van der Waals surface area contributed by atoms with Gasteiger partial charge in [-0.3, -0.25) is 9.59 Å². The molecule has 0 bridgehead atoms. The molecular formula is C16H23ClN2O3. The van der Waals surface area contributed by atoms with Crippen molar-refractivity contribution >= 4 is 29.1 Å². The molecule has 1 aromatic rings. The van der Waals surface area contributed by atoms with E-state index in [-0.39, 0.29) is 11.8 Å². The van der Waals surface area contributed by atoms with Gasteiger partial charge < -0.3 is 15.0 Å². The number of carbonyl (C=O) groups excluding carboxylic acids is 2. The zero-order valence-corrected chi connectivity index (χ0v) is 14.2. The Labute approximate surface area is 136 Å². The van der Waals surface area contributed by atoms with Gasteiger partial charge in [0.15, 0.2) is 0 Å². The predicted molar refractivity (Wildman–Crippen MR) is 88.4 cm³/mol. The van der Waals surface area contributed by atoms with Crippen LogP contribution in [0.2, 0.25) is 5.02 Å². The van der Waals surface area contributed by atoms with E-state index in [4.69, 9.17) is 16.3 Å². The summed E-state index contributed by atoms with van der Waals surface area (Å²) < 4.78 is 5.22. The number of nitrogens with zero attached hydrogens (tertiary/aromatic N) is 1. The highest BCUT2D eigenvalue weighted by atomic mass is 35.5. The number of hydrogen-bond acceptors (Lipinski definition) is 3. The Kier molecular flexibility index (Phi) is 7.35. The maximum atomic E-state index is 12.3. The maximum Gasteiger partial charge on any atom is 0.255 e. The van der Waals surface area contributed by atoms with Crippen LogP contribution in [0, 0.1) is 0 Å². The summed E-state index contributed by atoms with van der Waals surface area (Å²) in [5.74, 6) is -0.365. The normalized spacial score (nSPS) is 11.9. The van der Waals surface area contributed by atoms with Crippen molar-refractivity contribution < 1.29 is 14.3 Å². The molecule has 1 rings (SSSR count). The van der Waals surface area contributed by atoms with Gasteiger partial charge in [0.1, 0.15) is 6.10 Å². The molecule has 0 saturated carbocycles. The van der Waals surface area contributed by atoms with Gasteiger partial charge in [0.05, 0.1) is 10.6 Å². The number of benzene rings is 1. The van der Waals surface area contributed by atoms with Crippen LogP contribution < -0.4 is 5.32 Å². The molecule has 5 nitrogen and oxygen atoms in total. The van der Waals surface area contributed by atoms with Crippen molar-refractivity contribution in [3.05, 3.63) is 28.8 Å². The molecule has 22 heavy (non-hydrogen) atoms. The van der Waals surface area contributed by atoms with E-state index in [0.29, 0.717) is 36.0 Å². The highest BCUT2D eigenvalue weighted by molar-refractivity contribution is 6.34. The lowest BCUT2D eigenvalue weighted by atomic mass is 10.1. The van der Waals surface area contributed by atoms with Gasteiger partial charge in [-0.2, -0.15) is 0 Å². The monoisotopic (exact) mass is 326 g/mol. The first-order valence-electron chi connectivity index (χ1n) is 7.45. The second kappa shape index (κ2) is 8.76. The molecule has 0 spiro atoms. The molecule has 0 heterocycles. The summed E-state index contributed by atoms with van der Waals surface area (Å²) in [5, 5.41) is 3.04. The van der Waals surface area contributed by atoms with Crippen molar-refractivity contribution in [2.75, 3.05) is 25.0 Å². The number of carbonyl (C=O) groups is 2. The molecule has 0 fully saturated rings. The fourth-order valence-corrected chi connectivity index (χ4v) is 2.28. The van der Waals surface area contributed by atoms with Crippen LogP contribution in [0.5, 0.6) is 0 Å². The molecular weight excluding hydrogens is 304 g/mol. The van der Waals surface area contributed by atoms with E-state index in [1.165, 1.54) is 0 Å². The summed E-state index contributed by atoms with van der Waals surface area (Å²) in [6.45, 7) is 9.05. The highest BCUT2D eigenvalue weighted by Crippen LogP contribution is 2.22. The van der Waals surface area contributed by atoms with Crippen LogP contribution in [0.4, 0.5) is 5.69 Å². The van der Waals surface area contributed by atoms with E-state index in [0.717, 1.165) is 0 Å². The Bertz CT molecular complexity index is 530. The van der Waals surface area contributed by atoms with Crippen LogP contribution in [-0.2, 0) is 9.53 Å². The minimum Gasteiger partial charge on any atom is -0.369 e. The summed E-state index contributed by atoms with van der Waals surface area (Å²) in [6, 6.07) is 4.87. The molecule has 0 aliphatic carbocycles. The number of anilines is 1. The molecule has 0 aromatic heterocycles. The zero-order valence-electron chi connectivity index (χ0n) is 13.5. The number of halogens is 1. The highest BCUT2D eigenvalue weighted by Gasteiger charge is 2.17. The van der Waals surface area contributed by atoms with E-state index in [1.807, 2.05) is 20.8 Å². The van der Waals surface area contributed by atoms with Crippen LogP contribution >= 0.6 is 11.6 Å². The third kappa shape index (κ3) is 4.71.